The summed E-state index contributed by atoms with van der Waals surface area (Å²) in [6, 6.07) is 15.5. The van der Waals surface area contributed by atoms with Crippen molar-refractivity contribution in [2.45, 2.75) is 0 Å². The molecule has 134 valence electrons. The number of hydrogen-bond acceptors (Lipinski definition) is 6. The molecule has 0 fully saturated rings. The number of rotatable bonds is 5. The van der Waals surface area contributed by atoms with Crippen molar-refractivity contribution in [1.29, 1.82) is 0 Å². The van der Waals surface area contributed by atoms with Crippen LogP contribution in [0.25, 0.3) is 22.4 Å². The van der Waals surface area contributed by atoms with Gasteiger partial charge in [0.2, 0.25) is 5.95 Å². The van der Waals surface area contributed by atoms with Gasteiger partial charge >= 0.3 is 0 Å². The summed E-state index contributed by atoms with van der Waals surface area (Å²) in [7, 11) is 0. The molecular formula is C18H12ClN5O3. The number of nitro groups is 1. The van der Waals surface area contributed by atoms with E-state index in [-0.39, 0.29) is 10.7 Å². The van der Waals surface area contributed by atoms with E-state index in [1.807, 2.05) is 24.3 Å². The first kappa shape index (κ1) is 16.8. The van der Waals surface area contributed by atoms with Crippen molar-refractivity contribution in [2.24, 2.45) is 5.10 Å². The number of nitro benzene ring substituents is 1. The highest BCUT2D eigenvalue weighted by atomic mass is 35.5. The number of furan rings is 1. The molecule has 27 heavy (non-hydrogen) atoms. The van der Waals surface area contributed by atoms with Gasteiger partial charge in [-0.1, -0.05) is 23.7 Å². The lowest BCUT2D eigenvalue weighted by molar-refractivity contribution is -0.384. The van der Waals surface area contributed by atoms with Gasteiger partial charge in [0, 0.05) is 11.6 Å². The Bertz CT molecular complexity index is 1130. The second kappa shape index (κ2) is 6.93. The Kier molecular flexibility index (Phi) is 4.31. The van der Waals surface area contributed by atoms with Crippen molar-refractivity contribution in [3.8, 4) is 11.3 Å². The third kappa shape index (κ3) is 3.51. The van der Waals surface area contributed by atoms with Gasteiger partial charge in [-0.05, 0) is 36.4 Å². The van der Waals surface area contributed by atoms with Gasteiger partial charge in [-0.25, -0.2) is 10.4 Å². The summed E-state index contributed by atoms with van der Waals surface area (Å²) in [5.41, 5.74) is 4.91. The zero-order chi connectivity index (χ0) is 18.8. The Labute approximate surface area is 157 Å². The topological polar surface area (TPSA) is 109 Å². The SMILES string of the molecule is O=[N+]([O-])c1cc(-c2ccc(/C=N/Nc3nc4ccccc4[nH]3)o2)ccc1Cl. The molecule has 0 atom stereocenters. The van der Waals surface area contributed by atoms with Crippen LogP contribution in [0, 0.1) is 10.1 Å². The first-order valence-corrected chi connectivity index (χ1v) is 8.26. The quantitative estimate of drug-likeness (QED) is 0.292. The summed E-state index contributed by atoms with van der Waals surface area (Å²) in [6.07, 6.45) is 1.49. The number of aromatic amines is 1. The summed E-state index contributed by atoms with van der Waals surface area (Å²) in [6.45, 7) is 0. The first-order chi connectivity index (χ1) is 13.1. The number of hydrazone groups is 1. The zero-order valence-corrected chi connectivity index (χ0v) is 14.5. The Morgan fingerprint density at radius 3 is 2.89 bits per heavy atom. The van der Waals surface area contributed by atoms with Crippen LogP contribution in [0.1, 0.15) is 5.76 Å². The molecule has 0 amide bonds. The van der Waals surface area contributed by atoms with Crippen LogP contribution in [-0.2, 0) is 0 Å². The third-order valence-electron chi connectivity index (χ3n) is 3.81. The summed E-state index contributed by atoms with van der Waals surface area (Å²) >= 11 is 5.83. The highest BCUT2D eigenvalue weighted by Gasteiger charge is 2.15. The lowest BCUT2D eigenvalue weighted by Crippen LogP contribution is -1.91. The van der Waals surface area contributed by atoms with Crippen LogP contribution >= 0.6 is 11.6 Å². The molecule has 0 unspecified atom stereocenters. The fourth-order valence-corrected chi connectivity index (χ4v) is 2.73. The van der Waals surface area contributed by atoms with Gasteiger partial charge in [-0.15, -0.1) is 0 Å². The van der Waals surface area contributed by atoms with E-state index in [2.05, 4.69) is 20.5 Å². The second-order valence-electron chi connectivity index (χ2n) is 5.60. The van der Waals surface area contributed by atoms with E-state index in [0.717, 1.165) is 11.0 Å². The van der Waals surface area contributed by atoms with E-state index in [1.54, 1.807) is 18.2 Å². The average molecular weight is 382 g/mol. The molecule has 0 saturated carbocycles. The van der Waals surface area contributed by atoms with E-state index < -0.39 is 4.92 Å². The molecule has 0 radical (unpaired) electrons. The number of nitrogens with one attached hydrogen (secondary N) is 2. The van der Waals surface area contributed by atoms with Crippen LogP contribution in [0.15, 0.2) is 64.1 Å². The first-order valence-electron chi connectivity index (χ1n) is 7.88. The molecule has 0 aliphatic heterocycles. The Hall–Kier alpha value is -3.65. The predicted octanol–water partition coefficient (Wildman–Crippen LogP) is 4.83. The number of hydrogen-bond donors (Lipinski definition) is 2. The van der Waals surface area contributed by atoms with Crippen molar-refractivity contribution in [2.75, 3.05) is 5.43 Å². The van der Waals surface area contributed by atoms with Crippen LogP contribution < -0.4 is 5.43 Å². The van der Waals surface area contributed by atoms with Crippen molar-refractivity contribution >= 4 is 40.5 Å². The molecule has 4 aromatic rings. The van der Waals surface area contributed by atoms with Crippen molar-refractivity contribution in [3.05, 3.63) is 75.5 Å². The molecule has 0 spiro atoms. The maximum absolute atomic E-state index is 11.0. The molecule has 0 bridgehead atoms. The van der Waals surface area contributed by atoms with Crippen LogP contribution in [-0.4, -0.2) is 21.1 Å². The van der Waals surface area contributed by atoms with Gasteiger partial charge in [0.1, 0.15) is 16.5 Å². The minimum atomic E-state index is -0.533. The number of anilines is 1. The molecule has 2 heterocycles. The third-order valence-corrected chi connectivity index (χ3v) is 4.13. The maximum Gasteiger partial charge on any atom is 0.288 e. The van der Waals surface area contributed by atoms with Gasteiger partial charge in [-0.2, -0.15) is 5.10 Å². The lowest BCUT2D eigenvalue weighted by Gasteiger charge is -1.99. The maximum atomic E-state index is 11.0. The van der Waals surface area contributed by atoms with E-state index >= 15 is 0 Å². The number of benzene rings is 2. The van der Waals surface area contributed by atoms with Gasteiger partial charge in [0.15, 0.2) is 0 Å². The number of nitrogens with zero attached hydrogens (tertiary/aromatic N) is 3. The molecule has 0 aliphatic carbocycles. The summed E-state index contributed by atoms with van der Waals surface area (Å²) in [5.74, 6) is 1.46. The van der Waals surface area contributed by atoms with Crippen LogP contribution in [0.3, 0.4) is 0 Å². The van der Waals surface area contributed by atoms with Crippen LogP contribution in [0.5, 0.6) is 0 Å². The summed E-state index contributed by atoms with van der Waals surface area (Å²) in [5, 5.41) is 15.2. The van der Waals surface area contributed by atoms with E-state index in [9.17, 15) is 10.1 Å². The molecule has 9 heteroatoms. The average Bonchev–Trinajstić information content (AvgIpc) is 3.28. The fourth-order valence-electron chi connectivity index (χ4n) is 2.55. The number of halogens is 1. The van der Waals surface area contributed by atoms with E-state index in [4.69, 9.17) is 16.0 Å². The molecule has 0 aliphatic rings. The number of para-hydroxylation sites is 2. The highest BCUT2D eigenvalue weighted by Crippen LogP contribution is 2.31. The lowest BCUT2D eigenvalue weighted by atomic mass is 10.1. The monoisotopic (exact) mass is 381 g/mol. The fraction of sp³-hybridized carbons (Fsp3) is 0. The van der Waals surface area contributed by atoms with Gasteiger partial charge in [0.25, 0.3) is 5.69 Å². The minimum absolute atomic E-state index is 0.0760. The smallest absolute Gasteiger partial charge is 0.288 e. The summed E-state index contributed by atoms with van der Waals surface area (Å²) < 4.78 is 5.66. The molecular weight excluding hydrogens is 370 g/mol. The zero-order valence-electron chi connectivity index (χ0n) is 13.7. The van der Waals surface area contributed by atoms with Crippen LogP contribution in [0.4, 0.5) is 11.6 Å². The number of imidazole rings is 1. The van der Waals surface area contributed by atoms with Crippen molar-refractivity contribution in [3.63, 3.8) is 0 Å². The minimum Gasteiger partial charge on any atom is -0.455 e. The molecule has 0 saturated heterocycles. The van der Waals surface area contributed by atoms with E-state index in [1.165, 1.54) is 18.3 Å². The van der Waals surface area contributed by atoms with Gasteiger partial charge in [-0.3, -0.25) is 10.1 Å². The number of H-pyrrole nitrogens is 1. The van der Waals surface area contributed by atoms with Gasteiger partial charge in [0.05, 0.1) is 22.2 Å². The molecule has 2 N–H and O–H groups in total. The normalized spacial score (nSPS) is 11.3. The Morgan fingerprint density at radius 1 is 1.22 bits per heavy atom. The van der Waals surface area contributed by atoms with Crippen molar-refractivity contribution in [1.82, 2.24) is 9.97 Å². The van der Waals surface area contributed by atoms with E-state index in [0.29, 0.717) is 23.0 Å². The standard InChI is InChI=1S/C18H12ClN5O3/c19-13-7-5-11(9-16(13)24(25)26)17-8-6-12(27-17)10-20-23-18-21-14-3-1-2-4-15(14)22-18/h1-10H,(H2,21,22,23)/b20-10+. The van der Waals surface area contributed by atoms with Crippen molar-refractivity contribution < 1.29 is 9.34 Å². The molecule has 2 aromatic carbocycles. The summed E-state index contributed by atoms with van der Waals surface area (Å²) in [4.78, 5) is 17.9. The highest BCUT2D eigenvalue weighted by molar-refractivity contribution is 6.32. The second-order valence-corrected chi connectivity index (χ2v) is 6.01. The Morgan fingerprint density at radius 2 is 2.07 bits per heavy atom. The number of fused-ring (bicyclic) bond motifs is 1. The Balaban J connectivity index is 1.50. The molecule has 4 rings (SSSR count). The molecule has 2 aromatic heterocycles. The van der Waals surface area contributed by atoms with Crippen LogP contribution in [0.2, 0.25) is 5.02 Å². The largest absolute Gasteiger partial charge is 0.455 e. The van der Waals surface area contributed by atoms with Gasteiger partial charge < -0.3 is 9.40 Å². The molecule has 8 nitrogen and oxygen atoms in total. The predicted molar refractivity (Wildman–Crippen MR) is 103 cm³/mol. The number of aromatic nitrogens is 2.